The van der Waals surface area contributed by atoms with Gasteiger partial charge in [0.1, 0.15) is 17.7 Å². The maximum atomic E-state index is 14.9. The van der Waals surface area contributed by atoms with Gasteiger partial charge in [-0.3, -0.25) is 14.6 Å². The van der Waals surface area contributed by atoms with Crippen LogP contribution in [0.4, 0.5) is 17.6 Å². The second kappa shape index (κ2) is 7.59. The molecule has 1 amide bonds. The third-order valence-electron chi connectivity index (χ3n) is 4.59. The molecule has 0 bridgehead atoms. The zero-order chi connectivity index (χ0) is 22.2. The number of pyridine rings is 2. The minimum absolute atomic E-state index is 0.0185. The Labute approximate surface area is 167 Å². The first-order valence-corrected chi connectivity index (χ1v) is 8.63. The number of fused-ring (bicyclic) bond motifs is 1. The molecule has 1 atom stereocenters. The molecule has 1 aromatic carbocycles. The molecular formula is C20H14F4N4O2. The summed E-state index contributed by atoms with van der Waals surface area (Å²) in [6.45, 7) is 2.40. The van der Waals surface area contributed by atoms with E-state index in [1.807, 2.05) is 5.32 Å². The average molecular weight is 418 g/mol. The standard InChI is InChI=1S/C20H14F4N4O2/c1-9-13-6-12(21)3-4-15(13)28-18(29)16(9)20(23,24)19(30)27-10(2)17-14(22)5-11(7-25)8-26-17/h3-6,8,10H,1-2H3,(H,27,30)(H,28,29)/t10-/m0/s1. The Morgan fingerprint density at radius 2 is 2.00 bits per heavy atom. The van der Waals surface area contributed by atoms with Gasteiger partial charge in [-0.05, 0) is 43.7 Å². The van der Waals surface area contributed by atoms with Gasteiger partial charge < -0.3 is 10.3 Å². The van der Waals surface area contributed by atoms with Crippen molar-refractivity contribution in [3.05, 3.63) is 74.8 Å². The molecule has 2 N–H and O–H groups in total. The van der Waals surface area contributed by atoms with Crippen molar-refractivity contribution in [1.82, 2.24) is 15.3 Å². The van der Waals surface area contributed by atoms with Gasteiger partial charge in [0.2, 0.25) is 0 Å². The molecular weight excluding hydrogens is 404 g/mol. The Balaban J connectivity index is 1.98. The smallest absolute Gasteiger partial charge is 0.342 e. The van der Waals surface area contributed by atoms with Crippen LogP contribution in [-0.4, -0.2) is 15.9 Å². The maximum absolute atomic E-state index is 14.9. The fourth-order valence-corrected chi connectivity index (χ4v) is 3.10. The Morgan fingerprint density at radius 1 is 1.30 bits per heavy atom. The van der Waals surface area contributed by atoms with Crippen molar-refractivity contribution in [2.75, 3.05) is 0 Å². The van der Waals surface area contributed by atoms with E-state index in [0.717, 1.165) is 24.4 Å². The zero-order valence-electron chi connectivity index (χ0n) is 15.7. The summed E-state index contributed by atoms with van der Waals surface area (Å²) in [6.07, 6.45) is 1.03. The summed E-state index contributed by atoms with van der Waals surface area (Å²) in [7, 11) is 0. The summed E-state index contributed by atoms with van der Waals surface area (Å²) in [6, 6.07) is 4.50. The summed E-state index contributed by atoms with van der Waals surface area (Å²) in [5, 5.41) is 10.7. The van der Waals surface area contributed by atoms with E-state index in [9.17, 15) is 27.2 Å². The average Bonchev–Trinajstić information content (AvgIpc) is 2.68. The van der Waals surface area contributed by atoms with Gasteiger partial charge in [0.25, 0.3) is 11.5 Å². The maximum Gasteiger partial charge on any atom is 0.355 e. The molecule has 2 aromatic heterocycles. The second-order valence-electron chi connectivity index (χ2n) is 6.62. The van der Waals surface area contributed by atoms with Gasteiger partial charge in [0.05, 0.1) is 22.9 Å². The zero-order valence-corrected chi connectivity index (χ0v) is 15.7. The fraction of sp³-hybridized carbons (Fsp3) is 0.200. The first-order valence-electron chi connectivity index (χ1n) is 8.63. The summed E-state index contributed by atoms with van der Waals surface area (Å²) < 4.78 is 57.4. The van der Waals surface area contributed by atoms with Crippen molar-refractivity contribution in [3.63, 3.8) is 0 Å². The fourth-order valence-electron chi connectivity index (χ4n) is 3.10. The van der Waals surface area contributed by atoms with Crippen LogP contribution < -0.4 is 10.9 Å². The minimum Gasteiger partial charge on any atom is -0.342 e. The van der Waals surface area contributed by atoms with Gasteiger partial charge >= 0.3 is 5.92 Å². The van der Waals surface area contributed by atoms with Crippen molar-refractivity contribution >= 4 is 16.8 Å². The van der Waals surface area contributed by atoms with Gasteiger partial charge in [-0.25, -0.2) is 8.78 Å². The highest BCUT2D eigenvalue weighted by Crippen LogP contribution is 2.32. The molecule has 0 spiro atoms. The van der Waals surface area contributed by atoms with Crippen LogP contribution in [-0.2, 0) is 10.7 Å². The summed E-state index contributed by atoms with van der Waals surface area (Å²) in [5.74, 6) is -7.81. The number of aromatic amines is 1. The third-order valence-corrected chi connectivity index (χ3v) is 4.59. The lowest BCUT2D eigenvalue weighted by Crippen LogP contribution is -2.43. The summed E-state index contributed by atoms with van der Waals surface area (Å²) in [5.41, 5.74) is -2.91. The summed E-state index contributed by atoms with van der Waals surface area (Å²) >= 11 is 0. The third kappa shape index (κ3) is 3.61. The van der Waals surface area contributed by atoms with Crippen molar-refractivity contribution in [1.29, 1.82) is 5.26 Å². The van der Waals surface area contributed by atoms with Crippen LogP contribution in [0.25, 0.3) is 10.9 Å². The van der Waals surface area contributed by atoms with Gasteiger partial charge in [0, 0.05) is 17.1 Å². The highest BCUT2D eigenvalue weighted by Gasteiger charge is 2.45. The molecule has 10 heteroatoms. The predicted octanol–water partition coefficient (Wildman–Crippen LogP) is 3.35. The topological polar surface area (TPSA) is 98.6 Å². The first kappa shape index (κ1) is 21.0. The van der Waals surface area contributed by atoms with Crippen LogP contribution in [0.3, 0.4) is 0 Å². The van der Waals surface area contributed by atoms with Crippen LogP contribution in [0.15, 0.2) is 35.3 Å². The molecule has 154 valence electrons. The monoisotopic (exact) mass is 418 g/mol. The number of aromatic nitrogens is 2. The van der Waals surface area contributed by atoms with E-state index in [-0.39, 0.29) is 27.7 Å². The first-order chi connectivity index (χ1) is 14.1. The molecule has 30 heavy (non-hydrogen) atoms. The van der Waals surface area contributed by atoms with Gasteiger partial charge in [-0.15, -0.1) is 0 Å². The van der Waals surface area contributed by atoms with Crippen molar-refractivity contribution < 1.29 is 22.4 Å². The van der Waals surface area contributed by atoms with E-state index < -0.39 is 40.6 Å². The molecule has 0 saturated carbocycles. The van der Waals surface area contributed by atoms with Crippen LogP contribution >= 0.6 is 0 Å². The van der Waals surface area contributed by atoms with E-state index in [1.54, 1.807) is 6.07 Å². The number of amides is 1. The molecule has 3 aromatic rings. The van der Waals surface area contributed by atoms with Gasteiger partial charge in [0.15, 0.2) is 0 Å². The Hall–Kier alpha value is -3.74. The van der Waals surface area contributed by atoms with Crippen LogP contribution in [0, 0.1) is 29.9 Å². The molecule has 3 rings (SSSR count). The Bertz CT molecular complexity index is 1260. The largest absolute Gasteiger partial charge is 0.355 e. The van der Waals surface area contributed by atoms with Gasteiger partial charge in [-0.1, -0.05) is 0 Å². The number of halogens is 4. The lowest BCUT2D eigenvalue weighted by molar-refractivity contribution is -0.148. The number of aryl methyl sites for hydroxylation is 1. The van der Waals surface area contributed by atoms with Crippen molar-refractivity contribution in [3.8, 4) is 6.07 Å². The number of hydrogen-bond donors (Lipinski definition) is 2. The number of rotatable bonds is 4. The number of hydrogen-bond acceptors (Lipinski definition) is 4. The lowest BCUT2D eigenvalue weighted by atomic mass is 9.99. The predicted molar refractivity (Wildman–Crippen MR) is 98.6 cm³/mol. The van der Waals surface area contributed by atoms with Gasteiger partial charge in [-0.2, -0.15) is 14.0 Å². The normalized spacial score (nSPS) is 12.4. The number of alkyl halides is 2. The Morgan fingerprint density at radius 3 is 2.63 bits per heavy atom. The molecule has 0 aliphatic rings. The van der Waals surface area contributed by atoms with Crippen LogP contribution in [0.5, 0.6) is 0 Å². The molecule has 0 aliphatic carbocycles. The highest BCUT2D eigenvalue weighted by atomic mass is 19.3. The number of nitrogens with zero attached hydrogens (tertiary/aromatic N) is 2. The molecule has 0 aliphatic heterocycles. The SMILES string of the molecule is Cc1c(C(F)(F)C(=O)N[C@@H](C)c2ncc(C#N)cc2F)c(=O)[nH]c2ccc(F)cc12. The molecule has 0 saturated heterocycles. The van der Waals surface area contributed by atoms with E-state index in [1.165, 1.54) is 19.9 Å². The number of nitriles is 1. The van der Waals surface area contributed by atoms with E-state index in [0.29, 0.717) is 0 Å². The highest BCUT2D eigenvalue weighted by molar-refractivity contribution is 5.89. The molecule has 0 fully saturated rings. The second-order valence-corrected chi connectivity index (χ2v) is 6.62. The Kier molecular flexibility index (Phi) is 5.31. The number of carbonyl (C=O) groups is 1. The van der Waals surface area contributed by atoms with Crippen LogP contribution in [0.2, 0.25) is 0 Å². The quantitative estimate of drug-likeness (QED) is 0.635. The lowest BCUT2D eigenvalue weighted by Gasteiger charge is -2.21. The van der Waals surface area contributed by atoms with Crippen molar-refractivity contribution in [2.45, 2.75) is 25.8 Å². The van der Waals surface area contributed by atoms with Crippen molar-refractivity contribution in [2.24, 2.45) is 0 Å². The van der Waals surface area contributed by atoms with Crippen LogP contribution in [0.1, 0.15) is 35.3 Å². The number of nitrogens with one attached hydrogen (secondary N) is 2. The molecule has 6 nitrogen and oxygen atoms in total. The van der Waals surface area contributed by atoms with E-state index in [4.69, 9.17) is 5.26 Å². The number of H-pyrrole nitrogens is 1. The van der Waals surface area contributed by atoms with E-state index in [2.05, 4.69) is 9.97 Å². The minimum atomic E-state index is -4.30. The molecule has 2 heterocycles. The molecule has 0 unspecified atom stereocenters. The number of carbonyl (C=O) groups excluding carboxylic acids is 1. The molecule has 0 radical (unpaired) electrons. The number of benzene rings is 1. The summed E-state index contributed by atoms with van der Waals surface area (Å²) in [4.78, 5) is 30.4. The van der Waals surface area contributed by atoms with E-state index >= 15 is 0 Å².